The molecule has 0 fully saturated rings. The normalized spacial score (nSPS) is 8.53. The van der Waals surface area contributed by atoms with Gasteiger partial charge in [0.25, 0.3) is 0 Å². The SMILES string of the molecule is CCCC(=O)CC(=O)O.CCCC(=O)CC(=O)O.O. The number of carbonyl (C=O) groups is 4. The van der Waals surface area contributed by atoms with Crippen molar-refractivity contribution < 1.29 is 34.9 Å². The van der Waals surface area contributed by atoms with Gasteiger partial charge in [0.1, 0.15) is 24.4 Å². The van der Waals surface area contributed by atoms with E-state index in [2.05, 4.69) is 0 Å². The molecule has 0 aliphatic rings. The van der Waals surface area contributed by atoms with Crippen molar-refractivity contribution in [2.45, 2.75) is 52.4 Å². The largest absolute Gasteiger partial charge is 0.481 e. The van der Waals surface area contributed by atoms with Crippen LogP contribution < -0.4 is 0 Å². The molecule has 7 heteroatoms. The molecule has 0 radical (unpaired) electrons. The van der Waals surface area contributed by atoms with E-state index in [1.54, 1.807) is 0 Å². The number of aliphatic carboxylic acids is 2. The van der Waals surface area contributed by atoms with E-state index in [9.17, 15) is 19.2 Å². The lowest BCUT2D eigenvalue weighted by Gasteiger charge is -1.90. The maximum Gasteiger partial charge on any atom is 0.310 e. The smallest absolute Gasteiger partial charge is 0.310 e. The van der Waals surface area contributed by atoms with E-state index < -0.39 is 11.9 Å². The Morgan fingerprint density at radius 1 is 0.737 bits per heavy atom. The molecule has 0 amide bonds. The number of hydrogen-bond donors (Lipinski definition) is 2. The van der Waals surface area contributed by atoms with Crippen LogP contribution in [0.1, 0.15) is 52.4 Å². The molecule has 0 aromatic heterocycles. The molecule has 0 heterocycles. The van der Waals surface area contributed by atoms with Gasteiger partial charge in [0.05, 0.1) is 0 Å². The highest BCUT2D eigenvalue weighted by molar-refractivity contribution is 5.95. The monoisotopic (exact) mass is 278 g/mol. The summed E-state index contributed by atoms with van der Waals surface area (Å²) < 4.78 is 0. The van der Waals surface area contributed by atoms with Crippen molar-refractivity contribution >= 4 is 23.5 Å². The first-order valence-electron chi connectivity index (χ1n) is 5.80. The van der Waals surface area contributed by atoms with Gasteiger partial charge in [0, 0.05) is 12.8 Å². The number of carboxylic acid groups (broad SMARTS) is 2. The van der Waals surface area contributed by atoms with E-state index in [0.717, 1.165) is 12.8 Å². The Balaban J connectivity index is -0.000000256. The summed E-state index contributed by atoms with van der Waals surface area (Å²) in [6.07, 6.45) is 1.57. The van der Waals surface area contributed by atoms with E-state index in [1.807, 2.05) is 13.8 Å². The molecule has 0 unspecified atom stereocenters. The summed E-state index contributed by atoms with van der Waals surface area (Å²) in [6, 6.07) is 0. The van der Waals surface area contributed by atoms with Crippen molar-refractivity contribution in [2.24, 2.45) is 0 Å². The van der Waals surface area contributed by atoms with Crippen LogP contribution in [0.5, 0.6) is 0 Å². The van der Waals surface area contributed by atoms with Crippen molar-refractivity contribution in [3.63, 3.8) is 0 Å². The lowest BCUT2D eigenvalue weighted by molar-refractivity contribution is -0.141. The van der Waals surface area contributed by atoms with Gasteiger partial charge in [0.2, 0.25) is 0 Å². The van der Waals surface area contributed by atoms with Crippen LogP contribution in [0.2, 0.25) is 0 Å². The predicted octanol–water partition coefficient (Wildman–Crippen LogP) is 0.836. The molecular weight excluding hydrogens is 256 g/mol. The van der Waals surface area contributed by atoms with Gasteiger partial charge in [-0.2, -0.15) is 0 Å². The van der Waals surface area contributed by atoms with Crippen LogP contribution in [0.25, 0.3) is 0 Å². The number of hydrogen-bond acceptors (Lipinski definition) is 4. The van der Waals surface area contributed by atoms with E-state index in [1.165, 1.54) is 0 Å². The fraction of sp³-hybridized carbons (Fsp3) is 0.667. The van der Waals surface area contributed by atoms with Crippen LogP contribution in [0.3, 0.4) is 0 Å². The Morgan fingerprint density at radius 3 is 1.16 bits per heavy atom. The van der Waals surface area contributed by atoms with E-state index in [0.29, 0.717) is 12.8 Å². The van der Waals surface area contributed by atoms with Crippen LogP contribution in [0.4, 0.5) is 0 Å². The maximum absolute atomic E-state index is 10.5. The first-order chi connectivity index (χ1) is 8.33. The summed E-state index contributed by atoms with van der Waals surface area (Å²) in [7, 11) is 0. The maximum atomic E-state index is 10.5. The minimum absolute atomic E-state index is 0. The average molecular weight is 278 g/mol. The van der Waals surface area contributed by atoms with Gasteiger partial charge < -0.3 is 15.7 Å². The molecule has 0 spiro atoms. The van der Waals surface area contributed by atoms with Crippen LogP contribution in [-0.2, 0) is 19.2 Å². The van der Waals surface area contributed by atoms with Gasteiger partial charge in [0.15, 0.2) is 0 Å². The Labute approximate surface area is 111 Å². The Kier molecular flexibility index (Phi) is 16.9. The Hall–Kier alpha value is -1.76. The fourth-order valence-electron chi connectivity index (χ4n) is 1.07. The highest BCUT2D eigenvalue weighted by atomic mass is 16.4. The lowest BCUT2D eigenvalue weighted by Crippen LogP contribution is -2.05. The summed E-state index contributed by atoms with van der Waals surface area (Å²) in [4.78, 5) is 40.7. The van der Waals surface area contributed by atoms with Crippen molar-refractivity contribution in [1.82, 2.24) is 0 Å². The zero-order valence-corrected chi connectivity index (χ0v) is 11.3. The quantitative estimate of drug-likeness (QED) is 0.630. The fourth-order valence-corrected chi connectivity index (χ4v) is 1.07. The molecule has 19 heavy (non-hydrogen) atoms. The molecule has 0 aliphatic heterocycles. The van der Waals surface area contributed by atoms with Crippen LogP contribution in [-0.4, -0.2) is 39.2 Å². The number of ketones is 2. The molecule has 0 aromatic rings. The summed E-state index contributed by atoms with van der Waals surface area (Å²) in [5, 5.41) is 16.2. The average Bonchev–Trinajstić information content (AvgIpc) is 2.16. The number of carboxylic acids is 2. The lowest BCUT2D eigenvalue weighted by atomic mass is 10.2. The van der Waals surface area contributed by atoms with E-state index in [-0.39, 0.29) is 29.9 Å². The molecule has 0 saturated carbocycles. The minimum Gasteiger partial charge on any atom is -0.481 e. The predicted molar refractivity (Wildman–Crippen MR) is 67.9 cm³/mol. The Bertz CT molecular complexity index is 266. The van der Waals surface area contributed by atoms with E-state index in [4.69, 9.17) is 10.2 Å². The molecule has 112 valence electrons. The van der Waals surface area contributed by atoms with Crippen molar-refractivity contribution in [3.05, 3.63) is 0 Å². The highest BCUT2D eigenvalue weighted by Gasteiger charge is 2.05. The molecule has 7 nitrogen and oxygen atoms in total. The third-order valence-corrected chi connectivity index (χ3v) is 1.75. The standard InChI is InChI=1S/2C6H10O3.H2O/c2*1-2-3-5(7)4-6(8)9;/h2*2-4H2,1H3,(H,8,9);1H2. The molecule has 0 rings (SSSR count). The Morgan fingerprint density at radius 2 is 1.00 bits per heavy atom. The van der Waals surface area contributed by atoms with Gasteiger partial charge in [-0.1, -0.05) is 13.8 Å². The number of carbonyl (C=O) groups excluding carboxylic acids is 2. The van der Waals surface area contributed by atoms with Gasteiger partial charge in [-0.15, -0.1) is 0 Å². The molecule has 0 aliphatic carbocycles. The summed E-state index contributed by atoms with van der Waals surface area (Å²) >= 11 is 0. The van der Waals surface area contributed by atoms with Gasteiger partial charge in [-0.05, 0) is 12.8 Å². The number of rotatable bonds is 8. The molecule has 4 N–H and O–H groups in total. The molecule has 0 atom stereocenters. The van der Waals surface area contributed by atoms with Crippen molar-refractivity contribution in [2.75, 3.05) is 0 Å². The van der Waals surface area contributed by atoms with Gasteiger partial charge in [-0.3, -0.25) is 19.2 Å². The van der Waals surface area contributed by atoms with Crippen LogP contribution in [0.15, 0.2) is 0 Å². The third-order valence-electron chi connectivity index (χ3n) is 1.75. The van der Waals surface area contributed by atoms with E-state index >= 15 is 0 Å². The number of Topliss-reactive ketones (excluding diaryl/α,β-unsaturated/α-hetero) is 2. The molecule has 0 saturated heterocycles. The first kappa shape index (κ1) is 22.4. The topological polar surface area (TPSA) is 140 Å². The second-order valence-electron chi connectivity index (χ2n) is 3.72. The summed E-state index contributed by atoms with van der Waals surface area (Å²) in [5.74, 6) is -2.45. The highest BCUT2D eigenvalue weighted by Crippen LogP contribution is 1.93. The minimum atomic E-state index is -1.03. The van der Waals surface area contributed by atoms with Crippen LogP contribution in [0, 0.1) is 0 Å². The first-order valence-corrected chi connectivity index (χ1v) is 5.80. The summed E-state index contributed by atoms with van der Waals surface area (Å²) in [6.45, 7) is 3.69. The molecule has 0 aromatic carbocycles. The molecule has 0 bridgehead atoms. The van der Waals surface area contributed by atoms with Crippen LogP contribution >= 0.6 is 0 Å². The second kappa shape index (κ2) is 14.3. The second-order valence-corrected chi connectivity index (χ2v) is 3.72. The third kappa shape index (κ3) is 22.0. The zero-order chi connectivity index (χ0) is 14.6. The molecular formula is C12H22O7. The van der Waals surface area contributed by atoms with Gasteiger partial charge >= 0.3 is 11.9 Å². The summed E-state index contributed by atoms with van der Waals surface area (Å²) in [5.41, 5.74) is 0. The van der Waals surface area contributed by atoms with Crippen molar-refractivity contribution in [3.8, 4) is 0 Å². The van der Waals surface area contributed by atoms with Gasteiger partial charge in [-0.25, -0.2) is 0 Å². The zero-order valence-electron chi connectivity index (χ0n) is 11.3. The van der Waals surface area contributed by atoms with Crippen molar-refractivity contribution in [1.29, 1.82) is 0 Å².